The highest BCUT2D eigenvalue weighted by Crippen LogP contribution is 2.16. The molecule has 0 saturated carbocycles. The third-order valence-corrected chi connectivity index (χ3v) is 2.71. The van der Waals surface area contributed by atoms with Gasteiger partial charge in [0.15, 0.2) is 6.29 Å². The molecule has 0 N–H and O–H groups in total. The molecular weight excluding hydrogens is 224 g/mol. The molecule has 0 aliphatic rings. The molecule has 0 fully saturated rings. The Kier molecular flexibility index (Phi) is 5.36. The third kappa shape index (κ3) is 4.31. The van der Waals surface area contributed by atoms with Crippen molar-refractivity contribution in [2.45, 2.75) is 4.90 Å². The summed E-state index contributed by atoms with van der Waals surface area (Å²) in [5.74, 6) is 0.00527. The summed E-state index contributed by atoms with van der Waals surface area (Å²) in [6.07, 6.45) is 0.396. The van der Waals surface area contributed by atoms with Gasteiger partial charge in [0, 0.05) is 10.6 Å². The second-order valence-electron chi connectivity index (χ2n) is 2.94. The fourth-order valence-corrected chi connectivity index (χ4v) is 1.70. The Bertz CT molecular complexity index is 373. The number of aldehydes is 1. The number of ether oxygens (including phenoxy) is 1. The van der Waals surface area contributed by atoms with Crippen LogP contribution in [0.2, 0.25) is 0 Å². The summed E-state index contributed by atoms with van der Waals surface area (Å²) >= 11 is 1.59. The highest BCUT2D eigenvalue weighted by atomic mass is 32.2. The maximum atomic E-state index is 11.0. The number of benzene rings is 1. The Hall–Kier alpha value is -1.55. The number of rotatable bonds is 6. The summed E-state index contributed by atoms with van der Waals surface area (Å²) < 4.78 is 4.83. The molecule has 4 heteroatoms. The van der Waals surface area contributed by atoms with E-state index in [1.54, 1.807) is 11.8 Å². The summed E-state index contributed by atoms with van der Waals surface area (Å²) in [7, 11) is 0. The van der Waals surface area contributed by atoms with Gasteiger partial charge in [-0.25, -0.2) is 4.79 Å². The molecule has 0 unspecified atom stereocenters. The lowest BCUT2D eigenvalue weighted by Crippen LogP contribution is -2.10. The van der Waals surface area contributed by atoms with Gasteiger partial charge in [0.05, 0.1) is 5.57 Å². The Labute approximate surface area is 98.5 Å². The standard InChI is InChI=1S/C12H12O3S/c1-10(9-13)12(14)15-7-8-16-11-5-3-2-4-6-11/h2-6,9H,1,7-8H2. The van der Waals surface area contributed by atoms with Gasteiger partial charge in [0.2, 0.25) is 0 Å². The molecule has 84 valence electrons. The van der Waals surface area contributed by atoms with E-state index in [9.17, 15) is 9.59 Å². The summed E-state index contributed by atoms with van der Waals surface area (Å²) in [5.41, 5.74) is -0.148. The van der Waals surface area contributed by atoms with Gasteiger partial charge < -0.3 is 4.74 Å². The molecule has 0 spiro atoms. The first-order chi connectivity index (χ1) is 7.74. The van der Waals surface area contributed by atoms with Crippen LogP contribution in [0.3, 0.4) is 0 Å². The number of esters is 1. The number of hydrogen-bond donors (Lipinski definition) is 0. The average Bonchev–Trinajstić information content (AvgIpc) is 2.34. The molecule has 0 atom stereocenters. The lowest BCUT2D eigenvalue weighted by molar-refractivity contribution is -0.138. The number of carbonyl (C=O) groups is 2. The topological polar surface area (TPSA) is 43.4 Å². The van der Waals surface area contributed by atoms with Crippen molar-refractivity contribution in [3.63, 3.8) is 0 Å². The fraction of sp³-hybridized carbons (Fsp3) is 0.167. The Balaban J connectivity index is 2.20. The molecule has 0 aromatic heterocycles. The number of hydrogen-bond acceptors (Lipinski definition) is 4. The zero-order valence-electron chi connectivity index (χ0n) is 8.72. The molecule has 16 heavy (non-hydrogen) atoms. The van der Waals surface area contributed by atoms with Crippen LogP contribution in [-0.4, -0.2) is 24.6 Å². The smallest absolute Gasteiger partial charge is 0.340 e. The molecule has 1 rings (SSSR count). The van der Waals surface area contributed by atoms with E-state index < -0.39 is 5.97 Å². The van der Waals surface area contributed by atoms with Gasteiger partial charge in [-0.05, 0) is 12.1 Å². The van der Waals surface area contributed by atoms with E-state index in [0.717, 1.165) is 4.90 Å². The van der Waals surface area contributed by atoms with Crippen LogP contribution in [-0.2, 0) is 14.3 Å². The summed E-state index contributed by atoms with van der Waals surface area (Å²) in [6, 6.07) is 9.80. The maximum absolute atomic E-state index is 11.0. The zero-order valence-corrected chi connectivity index (χ0v) is 9.53. The van der Waals surface area contributed by atoms with Crippen LogP contribution in [0.1, 0.15) is 0 Å². The van der Waals surface area contributed by atoms with Crippen molar-refractivity contribution in [1.29, 1.82) is 0 Å². The quantitative estimate of drug-likeness (QED) is 0.144. The Morgan fingerprint density at radius 3 is 2.69 bits per heavy atom. The number of thioether (sulfide) groups is 1. The van der Waals surface area contributed by atoms with Crippen molar-refractivity contribution in [3.8, 4) is 0 Å². The first-order valence-corrected chi connectivity index (χ1v) is 5.71. The van der Waals surface area contributed by atoms with E-state index in [2.05, 4.69) is 6.58 Å². The minimum absolute atomic E-state index is 0.148. The second kappa shape index (κ2) is 6.85. The average molecular weight is 236 g/mol. The number of carbonyl (C=O) groups excluding carboxylic acids is 2. The molecule has 0 saturated heterocycles. The van der Waals surface area contributed by atoms with Crippen molar-refractivity contribution in [2.24, 2.45) is 0 Å². The predicted octanol–water partition coefficient (Wildman–Crippen LogP) is 2.08. The molecule has 0 radical (unpaired) electrons. The second-order valence-corrected chi connectivity index (χ2v) is 4.11. The van der Waals surface area contributed by atoms with E-state index in [1.165, 1.54) is 0 Å². The van der Waals surface area contributed by atoms with E-state index in [0.29, 0.717) is 12.0 Å². The zero-order chi connectivity index (χ0) is 11.8. The van der Waals surface area contributed by atoms with Gasteiger partial charge in [0.25, 0.3) is 0 Å². The highest BCUT2D eigenvalue weighted by molar-refractivity contribution is 7.99. The molecule has 0 bridgehead atoms. The van der Waals surface area contributed by atoms with Crippen molar-refractivity contribution in [1.82, 2.24) is 0 Å². The van der Waals surface area contributed by atoms with Gasteiger partial charge in [-0.3, -0.25) is 4.79 Å². The lowest BCUT2D eigenvalue weighted by Gasteiger charge is -2.03. The van der Waals surface area contributed by atoms with Crippen LogP contribution < -0.4 is 0 Å². The fourth-order valence-electron chi connectivity index (χ4n) is 0.951. The van der Waals surface area contributed by atoms with Crippen molar-refractivity contribution in [2.75, 3.05) is 12.4 Å². The van der Waals surface area contributed by atoms with Crippen LogP contribution >= 0.6 is 11.8 Å². The van der Waals surface area contributed by atoms with Crippen LogP contribution in [0.15, 0.2) is 47.4 Å². The van der Waals surface area contributed by atoms with Gasteiger partial charge in [-0.15, -0.1) is 11.8 Å². The summed E-state index contributed by atoms with van der Waals surface area (Å²) in [6.45, 7) is 3.53. The molecule has 0 aliphatic heterocycles. The Morgan fingerprint density at radius 1 is 1.38 bits per heavy atom. The van der Waals surface area contributed by atoms with Gasteiger partial charge >= 0.3 is 5.97 Å². The molecule has 3 nitrogen and oxygen atoms in total. The largest absolute Gasteiger partial charge is 0.461 e. The predicted molar refractivity (Wildman–Crippen MR) is 63.3 cm³/mol. The monoisotopic (exact) mass is 236 g/mol. The molecule has 1 aromatic carbocycles. The summed E-state index contributed by atoms with van der Waals surface area (Å²) in [4.78, 5) is 22.3. The summed E-state index contributed by atoms with van der Waals surface area (Å²) in [5, 5.41) is 0. The van der Waals surface area contributed by atoms with Gasteiger partial charge in [0.1, 0.15) is 6.61 Å². The van der Waals surface area contributed by atoms with Crippen molar-refractivity contribution < 1.29 is 14.3 Å². The Morgan fingerprint density at radius 2 is 2.06 bits per heavy atom. The van der Waals surface area contributed by atoms with E-state index >= 15 is 0 Å². The maximum Gasteiger partial charge on any atom is 0.340 e. The van der Waals surface area contributed by atoms with Gasteiger partial charge in [-0.2, -0.15) is 0 Å². The van der Waals surface area contributed by atoms with Crippen molar-refractivity contribution >= 4 is 24.0 Å². The molecular formula is C12H12O3S. The van der Waals surface area contributed by atoms with Gasteiger partial charge in [-0.1, -0.05) is 24.8 Å². The van der Waals surface area contributed by atoms with E-state index in [4.69, 9.17) is 4.74 Å². The van der Waals surface area contributed by atoms with E-state index in [-0.39, 0.29) is 12.2 Å². The van der Waals surface area contributed by atoms with Crippen LogP contribution in [0.4, 0.5) is 0 Å². The SMILES string of the molecule is C=C(C=O)C(=O)OCCSc1ccccc1. The van der Waals surface area contributed by atoms with Crippen LogP contribution in [0.25, 0.3) is 0 Å². The normalized spacial score (nSPS) is 9.50. The molecule has 0 aliphatic carbocycles. The first kappa shape index (κ1) is 12.5. The lowest BCUT2D eigenvalue weighted by atomic mass is 10.3. The molecule has 1 aromatic rings. The van der Waals surface area contributed by atoms with Crippen molar-refractivity contribution in [3.05, 3.63) is 42.5 Å². The third-order valence-electron chi connectivity index (χ3n) is 1.73. The molecule has 0 amide bonds. The first-order valence-electron chi connectivity index (χ1n) is 4.73. The van der Waals surface area contributed by atoms with Crippen LogP contribution in [0.5, 0.6) is 0 Å². The molecule has 0 heterocycles. The van der Waals surface area contributed by atoms with Crippen LogP contribution in [0, 0.1) is 0 Å². The van der Waals surface area contributed by atoms with E-state index in [1.807, 2.05) is 30.3 Å². The minimum atomic E-state index is -0.649. The minimum Gasteiger partial charge on any atom is -0.461 e. The highest BCUT2D eigenvalue weighted by Gasteiger charge is 2.06.